The van der Waals surface area contributed by atoms with Crippen LogP contribution in [0.2, 0.25) is 0 Å². The van der Waals surface area contributed by atoms with Gasteiger partial charge in [0.2, 0.25) is 0 Å². The molecule has 1 aromatic carbocycles. The van der Waals surface area contributed by atoms with Gasteiger partial charge in [-0.2, -0.15) is 0 Å². The summed E-state index contributed by atoms with van der Waals surface area (Å²) in [5.74, 6) is 0.590. The summed E-state index contributed by atoms with van der Waals surface area (Å²) in [6.45, 7) is 2.81. The first kappa shape index (κ1) is 16.4. The van der Waals surface area contributed by atoms with Crippen molar-refractivity contribution in [2.45, 2.75) is 44.7 Å². The fraction of sp³-hybridized carbons (Fsp3) is 0.600. The maximum atomic E-state index is 11.0. The maximum absolute atomic E-state index is 11.0. The Bertz CT molecular complexity index is 524. The number of rotatable bonds is 5. The van der Waals surface area contributed by atoms with Crippen LogP contribution in [-0.4, -0.2) is 22.2 Å². The van der Waals surface area contributed by atoms with Crippen molar-refractivity contribution in [3.63, 3.8) is 0 Å². The molecule has 2 N–H and O–H groups in total. The van der Waals surface area contributed by atoms with Crippen LogP contribution in [0.5, 0.6) is 0 Å². The molecule has 0 aliphatic heterocycles. The second-order valence-corrected chi connectivity index (χ2v) is 6.79. The van der Waals surface area contributed by atoms with E-state index in [-0.39, 0.29) is 17.8 Å². The number of aliphatic hydroxyl groups is 1. The van der Waals surface area contributed by atoms with Crippen LogP contribution < -0.4 is 5.32 Å². The van der Waals surface area contributed by atoms with Gasteiger partial charge in [-0.1, -0.05) is 31.9 Å². The zero-order valence-corrected chi connectivity index (χ0v) is 13.7. The van der Waals surface area contributed by atoms with Gasteiger partial charge in [0.25, 0.3) is 5.69 Å². The number of nitro groups is 1. The van der Waals surface area contributed by atoms with Crippen LogP contribution in [-0.2, 0) is 6.54 Å². The second kappa shape index (κ2) is 6.85. The highest BCUT2D eigenvalue weighted by Crippen LogP contribution is 2.33. The van der Waals surface area contributed by atoms with Gasteiger partial charge in [0, 0.05) is 18.2 Å². The number of halogens is 1. The Morgan fingerprint density at radius 2 is 2.33 bits per heavy atom. The van der Waals surface area contributed by atoms with E-state index in [4.69, 9.17) is 0 Å². The molecule has 1 fully saturated rings. The molecule has 5 nitrogen and oxygen atoms in total. The van der Waals surface area contributed by atoms with Gasteiger partial charge in [-0.25, -0.2) is 0 Å². The summed E-state index contributed by atoms with van der Waals surface area (Å²) in [6.07, 6.45) is 4.19. The molecular formula is C15H21BrN2O3. The number of nitrogens with one attached hydrogen (secondary N) is 1. The molecule has 0 bridgehead atoms. The van der Waals surface area contributed by atoms with Crippen LogP contribution in [0.4, 0.5) is 5.69 Å². The average molecular weight is 357 g/mol. The van der Waals surface area contributed by atoms with Crippen LogP contribution in [0.25, 0.3) is 0 Å². The van der Waals surface area contributed by atoms with E-state index in [0.29, 0.717) is 16.9 Å². The van der Waals surface area contributed by atoms with Gasteiger partial charge >= 0.3 is 0 Å². The zero-order chi connectivity index (χ0) is 15.5. The van der Waals surface area contributed by atoms with Crippen LogP contribution >= 0.6 is 15.9 Å². The summed E-state index contributed by atoms with van der Waals surface area (Å²) in [5, 5.41) is 24.2. The third kappa shape index (κ3) is 3.81. The van der Waals surface area contributed by atoms with Gasteiger partial charge in [-0.3, -0.25) is 10.1 Å². The summed E-state index contributed by atoms with van der Waals surface area (Å²) in [5.41, 5.74) is 0.654. The average Bonchev–Trinajstić information content (AvgIpc) is 2.46. The Labute approximate surface area is 133 Å². The standard InChI is InChI=1S/C15H21BrN2O3/c1-11-4-3-7-15(8-11,10-19)17-9-12-5-2-6-13(14(12)16)18(20)21/h2,5-6,11,17,19H,3-4,7-10H2,1H3. The Morgan fingerprint density at radius 3 is 2.95 bits per heavy atom. The van der Waals surface area contributed by atoms with Crippen molar-refractivity contribution in [2.24, 2.45) is 5.92 Å². The third-order valence-electron chi connectivity index (χ3n) is 4.30. The predicted molar refractivity (Wildman–Crippen MR) is 85.1 cm³/mol. The minimum atomic E-state index is -0.391. The smallest absolute Gasteiger partial charge is 0.283 e. The summed E-state index contributed by atoms with van der Waals surface area (Å²) >= 11 is 3.31. The molecular weight excluding hydrogens is 336 g/mol. The summed E-state index contributed by atoms with van der Waals surface area (Å²) < 4.78 is 0.513. The lowest BCUT2D eigenvalue weighted by molar-refractivity contribution is -0.385. The van der Waals surface area contributed by atoms with Crippen LogP contribution in [0, 0.1) is 16.0 Å². The monoisotopic (exact) mass is 356 g/mol. The topological polar surface area (TPSA) is 75.4 Å². The van der Waals surface area contributed by atoms with E-state index < -0.39 is 4.92 Å². The Morgan fingerprint density at radius 1 is 1.57 bits per heavy atom. The fourth-order valence-electron chi connectivity index (χ4n) is 3.15. The summed E-state index contributed by atoms with van der Waals surface area (Å²) in [4.78, 5) is 10.6. The summed E-state index contributed by atoms with van der Waals surface area (Å²) in [7, 11) is 0. The fourth-order valence-corrected chi connectivity index (χ4v) is 3.70. The Hall–Kier alpha value is -0.980. The summed E-state index contributed by atoms with van der Waals surface area (Å²) in [6, 6.07) is 5.04. The normalized spacial score (nSPS) is 25.8. The van der Waals surface area contributed by atoms with Crippen molar-refractivity contribution >= 4 is 21.6 Å². The van der Waals surface area contributed by atoms with E-state index in [0.717, 1.165) is 24.8 Å². The highest BCUT2D eigenvalue weighted by molar-refractivity contribution is 9.10. The van der Waals surface area contributed by atoms with Gasteiger partial charge in [-0.15, -0.1) is 0 Å². The molecule has 0 spiro atoms. The van der Waals surface area contributed by atoms with E-state index in [9.17, 15) is 15.2 Å². The van der Waals surface area contributed by atoms with Crippen LogP contribution in [0.15, 0.2) is 22.7 Å². The molecule has 1 aromatic rings. The molecule has 21 heavy (non-hydrogen) atoms. The maximum Gasteiger partial charge on any atom is 0.283 e. The number of nitrogens with zero attached hydrogens (tertiary/aromatic N) is 1. The van der Waals surface area contributed by atoms with Crippen molar-refractivity contribution in [3.05, 3.63) is 38.3 Å². The van der Waals surface area contributed by atoms with Gasteiger partial charge in [0.1, 0.15) is 0 Å². The van der Waals surface area contributed by atoms with Gasteiger partial charge in [0.15, 0.2) is 0 Å². The predicted octanol–water partition coefficient (Wildman–Crippen LogP) is 3.39. The van der Waals surface area contributed by atoms with E-state index in [1.165, 1.54) is 12.5 Å². The van der Waals surface area contributed by atoms with Crippen LogP contribution in [0.3, 0.4) is 0 Å². The Balaban J connectivity index is 2.11. The highest BCUT2D eigenvalue weighted by atomic mass is 79.9. The van der Waals surface area contributed by atoms with Crippen molar-refractivity contribution in [1.29, 1.82) is 0 Å². The van der Waals surface area contributed by atoms with Crippen LogP contribution in [0.1, 0.15) is 38.2 Å². The largest absolute Gasteiger partial charge is 0.394 e. The molecule has 0 heterocycles. The molecule has 0 saturated heterocycles. The molecule has 6 heteroatoms. The Kier molecular flexibility index (Phi) is 5.35. The van der Waals surface area contributed by atoms with Crippen molar-refractivity contribution in [3.8, 4) is 0 Å². The molecule has 0 aromatic heterocycles. The number of hydrogen-bond donors (Lipinski definition) is 2. The van der Waals surface area contributed by atoms with Crippen molar-refractivity contribution < 1.29 is 10.0 Å². The quantitative estimate of drug-likeness (QED) is 0.626. The molecule has 2 atom stereocenters. The molecule has 1 aliphatic rings. The second-order valence-electron chi connectivity index (χ2n) is 6.00. The highest BCUT2D eigenvalue weighted by Gasteiger charge is 2.34. The van der Waals surface area contributed by atoms with Crippen molar-refractivity contribution in [1.82, 2.24) is 5.32 Å². The third-order valence-corrected chi connectivity index (χ3v) is 5.22. The molecule has 2 rings (SSSR count). The van der Waals surface area contributed by atoms with Gasteiger partial charge in [-0.05, 0) is 40.3 Å². The number of aliphatic hydroxyl groups excluding tert-OH is 1. The number of nitro benzene ring substituents is 1. The first-order chi connectivity index (χ1) is 9.97. The minimum Gasteiger partial charge on any atom is -0.394 e. The molecule has 0 amide bonds. The van der Waals surface area contributed by atoms with E-state index in [1.54, 1.807) is 6.07 Å². The van der Waals surface area contributed by atoms with E-state index in [2.05, 4.69) is 28.2 Å². The van der Waals surface area contributed by atoms with E-state index in [1.807, 2.05) is 6.07 Å². The molecule has 2 unspecified atom stereocenters. The lowest BCUT2D eigenvalue weighted by Crippen LogP contribution is -2.51. The molecule has 1 saturated carbocycles. The number of benzene rings is 1. The first-order valence-electron chi connectivity index (χ1n) is 7.25. The number of hydrogen-bond acceptors (Lipinski definition) is 4. The SMILES string of the molecule is CC1CCCC(CO)(NCc2cccc([N+](=O)[O-])c2Br)C1. The molecule has 1 aliphatic carbocycles. The lowest BCUT2D eigenvalue weighted by Gasteiger charge is -2.39. The first-order valence-corrected chi connectivity index (χ1v) is 8.04. The zero-order valence-electron chi connectivity index (χ0n) is 12.1. The lowest BCUT2D eigenvalue weighted by atomic mass is 9.77. The molecule has 0 radical (unpaired) electrons. The van der Waals surface area contributed by atoms with Gasteiger partial charge in [0.05, 0.1) is 16.0 Å². The molecule has 116 valence electrons. The minimum absolute atomic E-state index is 0.0735. The van der Waals surface area contributed by atoms with Crippen molar-refractivity contribution in [2.75, 3.05) is 6.61 Å². The van der Waals surface area contributed by atoms with Gasteiger partial charge < -0.3 is 10.4 Å². The van der Waals surface area contributed by atoms with E-state index >= 15 is 0 Å².